The second-order valence-corrected chi connectivity index (χ2v) is 7.83. The van der Waals surface area contributed by atoms with Crippen molar-refractivity contribution < 1.29 is 19.4 Å². The van der Waals surface area contributed by atoms with Crippen molar-refractivity contribution >= 4 is 11.7 Å². The number of methoxy groups -OCH3 is 1. The highest BCUT2D eigenvalue weighted by Gasteiger charge is 2.39. The molecule has 9 nitrogen and oxygen atoms in total. The number of anilines is 1. The lowest BCUT2D eigenvalue weighted by Crippen LogP contribution is -2.33. The molecule has 0 saturated heterocycles. The number of phenols is 1. The van der Waals surface area contributed by atoms with Crippen molar-refractivity contribution in [1.29, 1.82) is 0 Å². The van der Waals surface area contributed by atoms with Gasteiger partial charge < -0.3 is 19.9 Å². The van der Waals surface area contributed by atoms with E-state index in [9.17, 15) is 9.90 Å². The minimum absolute atomic E-state index is 0.0387. The van der Waals surface area contributed by atoms with Gasteiger partial charge in [-0.05, 0) is 65.1 Å². The van der Waals surface area contributed by atoms with Gasteiger partial charge in [-0.25, -0.2) is 0 Å². The van der Waals surface area contributed by atoms with E-state index in [0.29, 0.717) is 36.7 Å². The summed E-state index contributed by atoms with van der Waals surface area (Å²) in [6.07, 6.45) is 1.05. The summed E-state index contributed by atoms with van der Waals surface area (Å²) < 4.78 is 12.4. The number of Topliss-reactive ketones (excluding diaryl/α,β-unsaturated/α-hetero) is 1. The Morgan fingerprint density at radius 3 is 2.69 bits per heavy atom. The Kier molecular flexibility index (Phi) is 5.01. The van der Waals surface area contributed by atoms with Crippen LogP contribution in [0.3, 0.4) is 0 Å². The van der Waals surface area contributed by atoms with E-state index in [4.69, 9.17) is 9.47 Å². The van der Waals surface area contributed by atoms with Crippen molar-refractivity contribution in [3.05, 3.63) is 64.9 Å². The second-order valence-electron chi connectivity index (χ2n) is 7.83. The number of rotatable bonds is 5. The molecule has 164 valence electrons. The van der Waals surface area contributed by atoms with Crippen LogP contribution in [0.5, 0.6) is 17.2 Å². The summed E-state index contributed by atoms with van der Waals surface area (Å²) in [6.45, 7) is 2.26. The minimum Gasteiger partial charge on any atom is -0.504 e. The average Bonchev–Trinajstić information content (AvgIpc) is 3.27. The van der Waals surface area contributed by atoms with Gasteiger partial charge in [0.15, 0.2) is 17.3 Å². The Morgan fingerprint density at radius 2 is 1.94 bits per heavy atom. The number of aromatic hydroxyl groups is 1. The molecule has 0 radical (unpaired) electrons. The van der Waals surface area contributed by atoms with Crippen molar-refractivity contribution in [3.8, 4) is 17.2 Å². The Hall–Kier alpha value is -3.88. The fourth-order valence-electron chi connectivity index (χ4n) is 4.47. The topological polar surface area (TPSA) is 111 Å². The number of tetrazole rings is 1. The van der Waals surface area contributed by atoms with Crippen molar-refractivity contribution in [2.45, 2.75) is 31.7 Å². The molecule has 0 spiro atoms. The molecule has 9 heteroatoms. The summed E-state index contributed by atoms with van der Waals surface area (Å²) >= 11 is 0. The maximum Gasteiger partial charge on any atom is 0.248 e. The number of nitrogens with one attached hydrogen (secondary N) is 1. The average molecular weight is 433 g/mol. The molecule has 1 aliphatic carbocycles. The first-order chi connectivity index (χ1) is 15.6. The number of carbonyl (C=O) groups is 1. The molecule has 0 fully saturated rings. The maximum atomic E-state index is 13.4. The molecule has 2 aromatic carbocycles. The van der Waals surface area contributed by atoms with E-state index in [-0.39, 0.29) is 17.5 Å². The molecule has 3 aromatic rings. The highest BCUT2D eigenvalue weighted by Crippen LogP contribution is 2.44. The molecule has 0 saturated carbocycles. The summed E-state index contributed by atoms with van der Waals surface area (Å²) in [6, 6.07) is 12.4. The Morgan fingerprint density at radius 1 is 1.16 bits per heavy atom. The quantitative estimate of drug-likeness (QED) is 0.631. The lowest BCUT2D eigenvalue weighted by Gasteiger charge is -2.34. The van der Waals surface area contributed by atoms with E-state index < -0.39 is 6.04 Å². The van der Waals surface area contributed by atoms with Crippen LogP contribution in [-0.4, -0.2) is 44.8 Å². The third-order valence-electron chi connectivity index (χ3n) is 5.97. The standard InChI is InChI=1S/C23H23N5O4/c1-3-32-20-12-14(6-9-18(20)29)22-21-17(24-23-25-26-27-28(22)23)10-15(11-19(21)30)13-4-7-16(31-2)8-5-13/h4-9,12,15,22,29H,3,10-11H2,1-2H3,(H,24,25,27)/t15-,22-/m1/s1. The number of ether oxygens (including phenoxy) is 2. The monoisotopic (exact) mass is 433 g/mol. The van der Waals surface area contributed by atoms with E-state index in [0.717, 1.165) is 22.6 Å². The first-order valence-electron chi connectivity index (χ1n) is 10.5. The number of phenolic OH excluding ortho intramolecular Hbond substituents is 1. The Balaban J connectivity index is 1.56. The highest BCUT2D eigenvalue weighted by molar-refractivity contribution is 6.00. The van der Waals surface area contributed by atoms with Crippen molar-refractivity contribution in [2.75, 3.05) is 19.0 Å². The van der Waals surface area contributed by atoms with Gasteiger partial charge in [0.1, 0.15) is 11.8 Å². The molecule has 0 unspecified atom stereocenters. The van der Waals surface area contributed by atoms with Gasteiger partial charge in [0.25, 0.3) is 0 Å². The van der Waals surface area contributed by atoms with E-state index in [1.807, 2.05) is 31.2 Å². The van der Waals surface area contributed by atoms with Crippen LogP contribution in [-0.2, 0) is 4.79 Å². The molecule has 32 heavy (non-hydrogen) atoms. The minimum atomic E-state index is -0.500. The molecule has 2 N–H and O–H groups in total. The van der Waals surface area contributed by atoms with Crippen molar-refractivity contribution in [1.82, 2.24) is 20.2 Å². The molecule has 1 aromatic heterocycles. The summed E-state index contributed by atoms with van der Waals surface area (Å²) in [5, 5.41) is 25.4. The van der Waals surface area contributed by atoms with Gasteiger partial charge in [0, 0.05) is 17.7 Å². The number of hydrogen-bond acceptors (Lipinski definition) is 8. The number of hydrogen-bond donors (Lipinski definition) is 2. The molecule has 1 aliphatic heterocycles. The predicted octanol–water partition coefficient (Wildman–Crippen LogP) is 3.20. The molecule has 0 amide bonds. The van der Waals surface area contributed by atoms with Crippen LogP contribution in [0.2, 0.25) is 0 Å². The Bertz CT molecular complexity index is 1200. The second kappa shape index (κ2) is 7.99. The molecule has 2 atom stereocenters. The van der Waals surface area contributed by atoms with Gasteiger partial charge in [-0.3, -0.25) is 4.79 Å². The van der Waals surface area contributed by atoms with E-state index in [2.05, 4.69) is 20.8 Å². The summed E-state index contributed by atoms with van der Waals surface area (Å²) in [5.74, 6) is 1.74. The highest BCUT2D eigenvalue weighted by atomic mass is 16.5. The number of fused-ring (bicyclic) bond motifs is 1. The summed E-state index contributed by atoms with van der Waals surface area (Å²) in [4.78, 5) is 13.4. The van der Waals surface area contributed by atoms with Crippen LogP contribution in [0.4, 0.5) is 5.95 Å². The molecule has 5 rings (SSSR count). The SMILES string of the molecule is CCOc1cc([C@@H]2C3=C(C[C@@H](c4ccc(OC)cc4)CC3=O)Nc3nnnn32)ccc1O. The third kappa shape index (κ3) is 3.35. The van der Waals surface area contributed by atoms with Crippen LogP contribution in [0.1, 0.15) is 42.9 Å². The van der Waals surface area contributed by atoms with Gasteiger partial charge >= 0.3 is 0 Å². The molecule has 0 bridgehead atoms. The molecular formula is C23H23N5O4. The number of benzene rings is 2. The van der Waals surface area contributed by atoms with E-state index in [1.165, 1.54) is 0 Å². The zero-order valence-electron chi connectivity index (χ0n) is 17.8. The van der Waals surface area contributed by atoms with Crippen molar-refractivity contribution in [3.63, 3.8) is 0 Å². The first-order valence-corrected chi connectivity index (χ1v) is 10.5. The predicted molar refractivity (Wildman–Crippen MR) is 116 cm³/mol. The van der Waals surface area contributed by atoms with Crippen LogP contribution in [0, 0.1) is 0 Å². The van der Waals surface area contributed by atoms with Crippen LogP contribution >= 0.6 is 0 Å². The van der Waals surface area contributed by atoms with E-state index >= 15 is 0 Å². The lowest BCUT2D eigenvalue weighted by atomic mass is 9.78. The van der Waals surface area contributed by atoms with Gasteiger partial charge in [0.2, 0.25) is 5.95 Å². The number of allylic oxidation sites excluding steroid dienone is 2. The fourth-order valence-corrected chi connectivity index (χ4v) is 4.47. The number of ketones is 1. The van der Waals surface area contributed by atoms with Crippen molar-refractivity contribution in [2.24, 2.45) is 0 Å². The van der Waals surface area contributed by atoms with Gasteiger partial charge in [-0.15, -0.1) is 0 Å². The number of nitrogens with zero attached hydrogens (tertiary/aromatic N) is 4. The van der Waals surface area contributed by atoms with Crippen LogP contribution in [0.15, 0.2) is 53.7 Å². The van der Waals surface area contributed by atoms with E-state index in [1.54, 1.807) is 30.0 Å². The molecule has 2 heterocycles. The third-order valence-corrected chi connectivity index (χ3v) is 5.97. The zero-order valence-corrected chi connectivity index (χ0v) is 17.8. The van der Waals surface area contributed by atoms with Crippen LogP contribution in [0.25, 0.3) is 0 Å². The zero-order chi connectivity index (χ0) is 22.2. The molecular weight excluding hydrogens is 410 g/mol. The first kappa shape index (κ1) is 20.0. The number of carbonyl (C=O) groups excluding carboxylic acids is 1. The number of aromatic nitrogens is 4. The smallest absolute Gasteiger partial charge is 0.248 e. The molecule has 2 aliphatic rings. The van der Waals surface area contributed by atoms with Gasteiger partial charge in [-0.1, -0.05) is 23.3 Å². The fraction of sp³-hybridized carbons (Fsp3) is 0.304. The van der Waals surface area contributed by atoms with Crippen LogP contribution < -0.4 is 14.8 Å². The Labute approximate surface area is 184 Å². The maximum absolute atomic E-state index is 13.4. The van der Waals surface area contributed by atoms with Gasteiger partial charge in [0.05, 0.1) is 13.7 Å². The largest absolute Gasteiger partial charge is 0.504 e. The van der Waals surface area contributed by atoms with Gasteiger partial charge in [-0.2, -0.15) is 4.68 Å². The lowest BCUT2D eigenvalue weighted by molar-refractivity contribution is -0.116. The normalized spacial score (nSPS) is 19.8. The summed E-state index contributed by atoms with van der Waals surface area (Å²) in [7, 11) is 1.63. The summed E-state index contributed by atoms with van der Waals surface area (Å²) in [5.41, 5.74) is 3.31.